The Hall–Kier alpha value is 0.370. The monoisotopic (exact) mass is 210 g/mol. The van der Waals surface area contributed by atoms with Gasteiger partial charge < -0.3 is 4.74 Å². The lowest BCUT2D eigenvalue weighted by atomic mass is 10.0. The number of ether oxygens (including phenoxy) is 1. The molecule has 0 aliphatic carbocycles. The molecule has 1 saturated heterocycles. The van der Waals surface area contributed by atoms with Crippen molar-refractivity contribution in [2.75, 3.05) is 6.61 Å². The molecule has 0 unspecified atom stereocenters. The summed E-state index contributed by atoms with van der Waals surface area (Å²) >= 11 is 3.00. The van der Waals surface area contributed by atoms with Gasteiger partial charge in [0.1, 0.15) is 0 Å². The molecular formula is C7H12BrFO. The zero-order valence-electron chi connectivity index (χ0n) is 6.23. The fourth-order valence-corrected chi connectivity index (χ4v) is 1.66. The van der Waals surface area contributed by atoms with Gasteiger partial charge in [-0.3, -0.25) is 0 Å². The van der Waals surface area contributed by atoms with Crippen molar-refractivity contribution in [3.05, 3.63) is 0 Å². The van der Waals surface area contributed by atoms with Gasteiger partial charge in [0.15, 0.2) is 4.58 Å². The van der Waals surface area contributed by atoms with Crippen molar-refractivity contribution >= 4 is 15.9 Å². The number of alkyl halides is 2. The topological polar surface area (TPSA) is 9.23 Å². The summed E-state index contributed by atoms with van der Waals surface area (Å²) in [5.74, 6) is -0.0301. The molecule has 0 saturated carbocycles. The Labute approximate surface area is 69.1 Å². The van der Waals surface area contributed by atoms with Gasteiger partial charge in [-0.25, -0.2) is 4.39 Å². The molecule has 0 aromatic rings. The summed E-state index contributed by atoms with van der Waals surface area (Å²) in [6.07, 6.45) is 0.975. The molecular weight excluding hydrogens is 199 g/mol. The van der Waals surface area contributed by atoms with E-state index in [4.69, 9.17) is 4.74 Å². The zero-order chi connectivity index (χ0) is 7.78. The average molecular weight is 211 g/mol. The molecule has 0 radical (unpaired) electrons. The van der Waals surface area contributed by atoms with E-state index in [9.17, 15) is 4.39 Å². The lowest BCUT2D eigenvalue weighted by Gasteiger charge is -2.17. The summed E-state index contributed by atoms with van der Waals surface area (Å²) in [4.78, 5) is 0. The fraction of sp³-hybridized carbons (Fsp3) is 1.00. The molecule has 0 N–H and O–H groups in total. The van der Waals surface area contributed by atoms with Gasteiger partial charge in [0.25, 0.3) is 0 Å². The van der Waals surface area contributed by atoms with Crippen LogP contribution in [-0.2, 0) is 4.74 Å². The van der Waals surface area contributed by atoms with Crippen LogP contribution in [0.5, 0.6) is 0 Å². The van der Waals surface area contributed by atoms with Gasteiger partial charge in [-0.15, -0.1) is 0 Å². The zero-order valence-corrected chi connectivity index (χ0v) is 7.82. The molecule has 1 nitrogen and oxygen atoms in total. The third-order valence-electron chi connectivity index (χ3n) is 2.12. The molecule has 1 aliphatic heterocycles. The van der Waals surface area contributed by atoms with E-state index < -0.39 is 4.58 Å². The molecule has 1 heterocycles. The largest absolute Gasteiger partial charge is 0.374 e. The van der Waals surface area contributed by atoms with Crippen LogP contribution in [0.15, 0.2) is 0 Å². The van der Waals surface area contributed by atoms with Crippen molar-refractivity contribution in [1.29, 1.82) is 0 Å². The summed E-state index contributed by atoms with van der Waals surface area (Å²) in [5.41, 5.74) is 0. The van der Waals surface area contributed by atoms with E-state index in [1.54, 1.807) is 0 Å². The first-order valence-corrected chi connectivity index (χ1v) is 4.36. The van der Waals surface area contributed by atoms with Crippen LogP contribution in [0.25, 0.3) is 0 Å². The predicted molar refractivity (Wildman–Crippen MR) is 42.0 cm³/mol. The molecule has 0 aromatic carbocycles. The highest BCUT2D eigenvalue weighted by atomic mass is 79.9. The minimum absolute atomic E-state index is 0.0301. The van der Waals surface area contributed by atoms with Crippen molar-refractivity contribution in [2.45, 2.75) is 31.0 Å². The lowest BCUT2D eigenvalue weighted by Crippen LogP contribution is -2.25. The average Bonchev–Trinajstić information content (AvgIpc) is 2.10. The summed E-state index contributed by atoms with van der Waals surface area (Å²) in [6.45, 7) is 4.07. The van der Waals surface area contributed by atoms with Crippen molar-refractivity contribution < 1.29 is 9.13 Å². The Balaban J connectivity index is 2.58. The van der Waals surface area contributed by atoms with Gasteiger partial charge in [0, 0.05) is 5.92 Å². The molecule has 0 spiro atoms. The van der Waals surface area contributed by atoms with Gasteiger partial charge in [0.2, 0.25) is 0 Å². The van der Waals surface area contributed by atoms with Crippen molar-refractivity contribution in [1.82, 2.24) is 0 Å². The Kier molecular flexibility index (Phi) is 2.35. The van der Waals surface area contributed by atoms with Crippen LogP contribution in [0.1, 0.15) is 20.3 Å². The maximum absolute atomic E-state index is 13.2. The van der Waals surface area contributed by atoms with Gasteiger partial charge in [0.05, 0.1) is 12.7 Å². The number of hydrogen-bond donors (Lipinski definition) is 0. The van der Waals surface area contributed by atoms with E-state index >= 15 is 0 Å². The van der Waals surface area contributed by atoms with Crippen LogP contribution < -0.4 is 0 Å². The van der Waals surface area contributed by atoms with Gasteiger partial charge in [-0.2, -0.15) is 0 Å². The van der Waals surface area contributed by atoms with Crippen LogP contribution in [0.4, 0.5) is 4.39 Å². The molecule has 1 fully saturated rings. The quantitative estimate of drug-likeness (QED) is 0.605. The minimum Gasteiger partial charge on any atom is -0.374 e. The number of rotatable bonds is 1. The first-order chi connectivity index (χ1) is 4.58. The Bertz CT molecular complexity index is 127. The fourth-order valence-electron chi connectivity index (χ4n) is 1.24. The maximum atomic E-state index is 13.2. The highest BCUT2D eigenvalue weighted by Crippen LogP contribution is 2.40. The molecule has 1 aliphatic rings. The first-order valence-electron chi connectivity index (χ1n) is 3.57. The first kappa shape index (κ1) is 8.47. The van der Waals surface area contributed by atoms with Crippen LogP contribution >= 0.6 is 15.9 Å². The molecule has 60 valence electrons. The highest BCUT2D eigenvalue weighted by molar-refractivity contribution is 9.10. The highest BCUT2D eigenvalue weighted by Gasteiger charge is 2.44. The van der Waals surface area contributed by atoms with Crippen LogP contribution in [0.3, 0.4) is 0 Å². The third kappa shape index (κ3) is 1.35. The van der Waals surface area contributed by atoms with Crippen molar-refractivity contribution in [2.24, 2.45) is 5.92 Å². The van der Waals surface area contributed by atoms with E-state index in [0.717, 1.165) is 6.42 Å². The van der Waals surface area contributed by atoms with E-state index in [2.05, 4.69) is 15.9 Å². The molecule has 1 rings (SSSR count). The van der Waals surface area contributed by atoms with Crippen LogP contribution in [-0.4, -0.2) is 17.3 Å². The second-order valence-electron chi connectivity index (χ2n) is 2.81. The normalized spacial score (nSPS) is 48.0. The van der Waals surface area contributed by atoms with Gasteiger partial charge >= 0.3 is 0 Å². The molecule has 0 bridgehead atoms. The summed E-state index contributed by atoms with van der Waals surface area (Å²) in [6, 6.07) is 0. The summed E-state index contributed by atoms with van der Waals surface area (Å²) in [5, 5.41) is 0. The van der Waals surface area contributed by atoms with Crippen LogP contribution in [0, 0.1) is 5.92 Å². The van der Waals surface area contributed by atoms with Crippen molar-refractivity contribution in [3.8, 4) is 0 Å². The second-order valence-corrected chi connectivity index (χ2v) is 4.13. The molecule has 0 amide bonds. The second kappa shape index (κ2) is 2.78. The molecule has 3 atom stereocenters. The molecule has 0 aromatic heterocycles. The van der Waals surface area contributed by atoms with Gasteiger partial charge in [-0.05, 0) is 22.4 Å². The Morgan fingerprint density at radius 1 is 1.80 bits per heavy atom. The molecule has 3 heteroatoms. The van der Waals surface area contributed by atoms with E-state index in [-0.39, 0.29) is 18.6 Å². The number of hydrogen-bond acceptors (Lipinski definition) is 1. The maximum Gasteiger partial charge on any atom is 0.193 e. The Morgan fingerprint density at radius 3 is 2.60 bits per heavy atom. The lowest BCUT2D eigenvalue weighted by molar-refractivity contribution is 0.0887. The van der Waals surface area contributed by atoms with Gasteiger partial charge in [-0.1, -0.05) is 13.8 Å². The SMILES string of the molecule is CC[C@H]1OC[C@@](F)(Br)[C@@H]1C. The van der Waals surface area contributed by atoms with E-state index in [1.165, 1.54) is 0 Å². The van der Waals surface area contributed by atoms with E-state index in [0.29, 0.717) is 0 Å². The predicted octanol–water partition coefficient (Wildman–Crippen LogP) is 2.49. The minimum atomic E-state index is -1.28. The van der Waals surface area contributed by atoms with Crippen LogP contribution in [0.2, 0.25) is 0 Å². The molecule has 10 heavy (non-hydrogen) atoms. The summed E-state index contributed by atoms with van der Waals surface area (Å²) in [7, 11) is 0. The number of halogens is 2. The summed E-state index contributed by atoms with van der Waals surface area (Å²) < 4.78 is 17.2. The van der Waals surface area contributed by atoms with E-state index in [1.807, 2.05) is 13.8 Å². The smallest absolute Gasteiger partial charge is 0.193 e. The standard InChI is InChI=1S/C7H12BrFO/c1-3-6-5(2)7(8,9)4-10-6/h5-6H,3-4H2,1-2H3/t5-,6-,7+/m1/s1. The third-order valence-corrected chi connectivity index (χ3v) is 3.07. The van der Waals surface area contributed by atoms with Crippen molar-refractivity contribution in [3.63, 3.8) is 0 Å². The Morgan fingerprint density at radius 2 is 2.40 bits per heavy atom.